The molecule has 4 aromatic rings. The van der Waals surface area contributed by atoms with Crippen molar-refractivity contribution in [1.82, 2.24) is 9.21 Å². The number of hydrogen-bond acceptors (Lipinski definition) is 6. The molecule has 0 radical (unpaired) electrons. The molecule has 0 saturated carbocycles. The van der Waals surface area contributed by atoms with Crippen molar-refractivity contribution >= 4 is 60.3 Å². The van der Waals surface area contributed by atoms with Crippen molar-refractivity contribution in [2.75, 3.05) is 13.1 Å². The average Bonchev–Trinajstić information content (AvgIpc) is 3.58. The summed E-state index contributed by atoms with van der Waals surface area (Å²) < 4.78 is 30.7. The first-order valence-corrected chi connectivity index (χ1v) is 15.3. The lowest BCUT2D eigenvalue weighted by Crippen LogP contribution is -2.38. The fraction of sp³-hybridized carbons (Fsp3) is 0.259. The molecule has 6 nitrogen and oxygen atoms in total. The zero-order valence-corrected chi connectivity index (χ0v) is 23.3. The maximum Gasteiger partial charge on any atom is 0.253 e. The minimum Gasteiger partial charge on any atom is -0.338 e. The monoisotopic (exact) mass is 569 g/mol. The Bertz CT molecular complexity index is 1610. The van der Waals surface area contributed by atoms with Crippen LogP contribution in [0.4, 0.5) is 0 Å². The molecule has 2 aromatic carbocycles. The number of fused-ring (bicyclic) bond motifs is 1. The minimum atomic E-state index is -3.89. The van der Waals surface area contributed by atoms with Crippen LogP contribution >= 0.6 is 34.3 Å². The second-order valence-electron chi connectivity index (χ2n) is 9.11. The quantitative estimate of drug-likeness (QED) is 0.259. The number of thiophene rings is 2. The standard InChI is InChI=1S/C27H24ClN3O3S3/c1-18-24-12-22(28)7-8-25(24)36-27(18)37(33,34)31(15-19-5-3-2-4-6-19)16-21-9-10-30(26(21)32)14-20-11-23(13-29)35-17-20/h2-8,11-12,17,21H,9-10,14-16H2,1H3/t21-/m0/s1. The molecule has 0 bridgehead atoms. The summed E-state index contributed by atoms with van der Waals surface area (Å²) in [7, 11) is -3.89. The fourth-order valence-electron chi connectivity index (χ4n) is 4.68. The van der Waals surface area contributed by atoms with E-state index in [1.54, 1.807) is 23.1 Å². The summed E-state index contributed by atoms with van der Waals surface area (Å²) in [5.41, 5.74) is 2.45. The third kappa shape index (κ3) is 5.31. The van der Waals surface area contributed by atoms with Crippen LogP contribution in [0.25, 0.3) is 10.1 Å². The molecule has 1 fully saturated rings. The minimum absolute atomic E-state index is 0.0576. The lowest BCUT2D eigenvalue weighted by Gasteiger charge is -2.25. The van der Waals surface area contributed by atoms with Crippen LogP contribution in [-0.4, -0.2) is 36.6 Å². The smallest absolute Gasteiger partial charge is 0.253 e. The van der Waals surface area contributed by atoms with Crippen LogP contribution in [-0.2, 0) is 27.9 Å². The van der Waals surface area contributed by atoms with Crippen molar-refractivity contribution in [2.24, 2.45) is 5.92 Å². The van der Waals surface area contributed by atoms with Gasteiger partial charge in [0.05, 0.1) is 5.92 Å². The van der Waals surface area contributed by atoms with Crippen molar-refractivity contribution in [2.45, 2.75) is 30.6 Å². The van der Waals surface area contributed by atoms with E-state index in [0.717, 1.165) is 21.2 Å². The van der Waals surface area contributed by atoms with Gasteiger partial charge in [-0.05, 0) is 65.1 Å². The first kappa shape index (κ1) is 25.9. The number of likely N-dealkylation sites (tertiary alicyclic amines) is 1. The Balaban J connectivity index is 1.43. The first-order valence-electron chi connectivity index (χ1n) is 11.8. The van der Waals surface area contributed by atoms with E-state index < -0.39 is 15.9 Å². The van der Waals surface area contributed by atoms with Gasteiger partial charge in [-0.25, -0.2) is 8.42 Å². The molecule has 0 aliphatic carbocycles. The Morgan fingerprint density at radius 3 is 2.68 bits per heavy atom. The summed E-state index contributed by atoms with van der Waals surface area (Å²) in [4.78, 5) is 15.7. The van der Waals surface area contributed by atoms with E-state index in [4.69, 9.17) is 16.9 Å². The molecule has 0 spiro atoms. The Morgan fingerprint density at radius 1 is 1.16 bits per heavy atom. The van der Waals surface area contributed by atoms with E-state index in [0.29, 0.717) is 35.0 Å². The molecule has 37 heavy (non-hydrogen) atoms. The summed E-state index contributed by atoms with van der Waals surface area (Å²) in [6.07, 6.45) is 0.579. The number of nitrogens with zero attached hydrogens (tertiary/aromatic N) is 3. The number of hydrogen-bond donors (Lipinski definition) is 0. The van der Waals surface area contributed by atoms with Crippen molar-refractivity contribution in [3.05, 3.63) is 86.6 Å². The number of carbonyl (C=O) groups is 1. The van der Waals surface area contributed by atoms with Gasteiger partial charge in [0.1, 0.15) is 15.2 Å². The molecule has 1 aliphatic rings. The van der Waals surface area contributed by atoms with E-state index in [1.165, 1.54) is 27.0 Å². The SMILES string of the molecule is Cc1c(S(=O)(=O)N(Cc2ccccc2)C[C@@H]2CCN(Cc3csc(C#N)c3)C2=O)sc2ccc(Cl)cc12. The van der Waals surface area contributed by atoms with Gasteiger partial charge in [-0.3, -0.25) is 4.79 Å². The zero-order chi connectivity index (χ0) is 26.2. The molecule has 190 valence electrons. The van der Waals surface area contributed by atoms with Gasteiger partial charge in [-0.1, -0.05) is 41.9 Å². The normalized spacial score (nSPS) is 16.1. The molecule has 1 atom stereocenters. The Hall–Kier alpha value is -2.74. The number of aryl methyl sites for hydroxylation is 1. The maximum absolute atomic E-state index is 14.1. The fourth-order valence-corrected chi connectivity index (χ4v) is 8.90. The second-order valence-corrected chi connectivity index (χ2v) is 13.6. The summed E-state index contributed by atoms with van der Waals surface area (Å²) in [6.45, 7) is 3.07. The number of benzene rings is 2. The molecular weight excluding hydrogens is 546 g/mol. The molecule has 1 saturated heterocycles. The highest BCUT2D eigenvalue weighted by molar-refractivity contribution is 7.91. The predicted octanol–water partition coefficient (Wildman–Crippen LogP) is 6.04. The number of carbonyl (C=O) groups excluding carboxylic acids is 1. The topological polar surface area (TPSA) is 81.5 Å². The Labute approximate surface area is 229 Å². The number of sulfonamides is 1. The van der Waals surface area contributed by atoms with Gasteiger partial charge in [-0.15, -0.1) is 22.7 Å². The number of nitriles is 1. The van der Waals surface area contributed by atoms with Gasteiger partial charge in [0.25, 0.3) is 10.0 Å². The number of rotatable bonds is 8. The molecule has 0 N–H and O–H groups in total. The van der Waals surface area contributed by atoms with Crippen LogP contribution < -0.4 is 0 Å². The van der Waals surface area contributed by atoms with Crippen molar-refractivity contribution in [3.63, 3.8) is 0 Å². The molecule has 5 rings (SSSR count). The highest BCUT2D eigenvalue weighted by atomic mass is 35.5. The second kappa shape index (κ2) is 10.6. The molecule has 3 heterocycles. The Morgan fingerprint density at radius 2 is 1.95 bits per heavy atom. The summed E-state index contributed by atoms with van der Waals surface area (Å²) >= 11 is 8.78. The molecular formula is C27H24ClN3O3S3. The van der Waals surface area contributed by atoms with Crippen LogP contribution in [0.3, 0.4) is 0 Å². The third-order valence-electron chi connectivity index (χ3n) is 6.60. The average molecular weight is 570 g/mol. The lowest BCUT2D eigenvalue weighted by molar-refractivity contribution is -0.131. The number of halogens is 1. The summed E-state index contributed by atoms with van der Waals surface area (Å²) in [5, 5.41) is 12.4. The van der Waals surface area contributed by atoms with E-state index >= 15 is 0 Å². The van der Waals surface area contributed by atoms with Crippen LogP contribution in [0.5, 0.6) is 0 Å². The molecule has 10 heteroatoms. The third-order valence-corrected chi connectivity index (χ3v) is 11.4. The molecule has 1 aliphatic heterocycles. The maximum atomic E-state index is 14.1. The Kier molecular flexibility index (Phi) is 7.39. The van der Waals surface area contributed by atoms with Crippen LogP contribution in [0.15, 0.2) is 64.2 Å². The van der Waals surface area contributed by atoms with E-state index in [9.17, 15) is 13.2 Å². The van der Waals surface area contributed by atoms with Crippen LogP contribution in [0, 0.1) is 24.2 Å². The molecule has 1 amide bonds. The largest absolute Gasteiger partial charge is 0.338 e. The molecule has 2 aromatic heterocycles. The van der Waals surface area contributed by atoms with Crippen molar-refractivity contribution < 1.29 is 13.2 Å². The highest BCUT2D eigenvalue weighted by Gasteiger charge is 2.37. The van der Waals surface area contributed by atoms with Gasteiger partial charge < -0.3 is 4.90 Å². The summed E-state index contributed by atoms with van der Waals surface area (Å²) in [5.74, 6) is -0.491. The van der Waals surface area contributed by atoms with E-state index in [1.807, 2.05) is 48.7 Å². The van der Waals surface area contributed by atoms with Gasteiger partial charge in [0, 0.05) is 35.9 Å². The predicted molar refractivity (Wildman–Crippen MR) is 148 cm³/mol. The van der Waals surface area contributed by atoms with Gasteiger partial charge in [0.2, 0.25) is 5.91 Å². The van der Waals surface area contributed by atoms with Crippen LogP contribution in [0.1, 0.15) is 28.0 Å². The van der Waals surface area contributed by atoms with Gasteiger partial charge in [-0.2, -0.15) is 9.57 Å². The van der Waals surface area contributed by atoms with Crippen molar-refractivity contribution in [3.8, 4) is 6.07 Å². The summed E-state index contributed by atoms with van der Waals surface area (Å²) in [6, 6.07) is 18.8. The van der Waals surface area contributed by atoms with E-state index in [2.05, 4.69) is 6.07 Å². The van der Waals surface area contributed by atoms with Crippen molar-refractivity contribution in [1.29, 1.82) is 5.26 Å². The first-order chi connectivity index (χ1) is 17.8. The van der Waals surface area contributed by atoms with Crippen LogP contribution in [0.2, 0.25) is 5.02 Å². The highest BCUT2D eigenvalue weighted by Crippen LogP contribution is 2.38. The van der Waals surface area contributed by atoms with E-state index in [-0.39, 0.29) is 23.2 Å². The zero-order valence-electron chi connectivity index (χ0n) is 20.1. The van der Waals surface area contributed by atoms with Gasteiger partial charge >= 0.3 is 0 Å². The molecule has 0 unspecified atom stereocenters. The lowest BCUT2D eigenvalue weighted by atomic mass is 10.1. The van der Waals surface area contributed by atoms with Gasteiger partial charge in [0.15, 0.2) is 0 Å². The number of amides is 1.